The zero-order valence-corrected chi connectivity index (χ0v) is 51.5. The van der Waals surface area contributed by atoms with Gasteiger partial charge < -0.3 is 45.0 Å². The summed E-state index contributed by atoms with van der Waals surface area (Å²) in [5.74, 6) is 0. The number of aliphatic hydroxyl groups excluding tert-OH is 1. The van der Waals surface area contributed by atoms with Crippen LogP contribution in [-0.2, 0) is 28.4 Å². The summed E-state index contributed by atoms with van der Waals surface area (Å²) in [6.07, 6.45) is 1.94. The molecule has 4 aromatic heterocycles. The van der Waals surface area contributed by atoms with Gasteiger partial charge in [-0.25, -0.2) is 24.0 Å². The summed E-state index contributed by atoms with van der Waals surface area (Å²) in [7, 11) is 1.00. The maximum Gasteiger partial charge on any atom is 0.519 e. The zero-order valence-electron chi connectivity index (χ0n) is 50.7. The summed E-state index contributed by atoms with van der Waals surface area (Å²) in [4.78, 5) is 78.2. The fourth-order valence-corrected chi connectivity index (χ4v) is 6.70. The monoisotopic (exact) mass is 1250 g/mol. The van der Waals surface area contributed by atoms with Gasteiger partial charge in [-0.3, -0.25) is 25.3 Å². The molecule has 30 heteroatoms. The van der Waals surface area contributed by atoms with Crippen LogP contribution in [-0.4, -0.2) is 120 Å². The van der Waals surface area contributed by atoms with Crippen LogP contribution in [0.2, 0.25) is 5.02 Å². The van der Waals surface area contributed by atoms with Crippen molar-refractivity contribution in [3.05, 3.63) is 117 Å². The molecule has 0 spiro atoms. The van der Waals surface area contributed by atoms with E-state index in [4.69, 9.17) is 57.1 Å². The molecule has 4 heterocycles. The second-order valence-electron chi connectivity index (χ2n) is 22.4. The van der Waals surface area contributed by atoms with Crippen molar-refractivity contribution < 1.29 is 67.3 Å². The number of non-ortho nitro benzene ring substituents is 2. The molecule has 0 atom stereocenters. The highest BCUT2D eigenvalue weighted by Crippen LogP contribution is 2.30. The third-order valence-corrected chi connectivity index (χ3v) is 9.76. The number of halogens is 1. The van der Waals surface area contributed by atoms with Gasteiger partial charge in [0, 0.05) is 48.3 Å². The molecule has 0 fully saturated rings. The number of H-pyrrole nitrogens is 1. The van der Waals surface area contributed by atoms with E-state index in [0.29, 0.717) is 54.6 Å². The predicted octanol–water partition coefficient (Wildman–Crippen LogP) is 13.9. The first-order valence-electron chi connectivity index (χ1n) is 25.6. The van der Waals surface area contributed by atoms with Gasteiger partial charge in [0.25, 0.3) is 11.4 Å². The Labute approximate surface area is 514 Å². The molecule has 0 aliphatic heterocycles. The zero-order chi connectivity index (χ0) is 65.9. The lowest BCUT2D eigenvalue weighted by Gasteiger charge is -2.20. The second-order valence-corrected chi connectivity index (χ2v) is 22.8. The largest absolute Gasteiger partial charge is 0.519 e. The van der Waals surface area contributed by atoms with E-state index in [2.05, 4.69) is 30.2 Å². The van der Waals surface area contributed by atoms with E-state index in [0.717, 1.165) is 21.9 Å². The number of benzene rings is 4. The summed E-state index contributed by atoms with van der Waals surface area (Å²) >= 11 is 6.07. The highest BCUT2D eigenvalue weighted by atomic mass is 35.5. The molecular weight excluding hydrogens is 1170 g/mol. The van der Waals surface area contributed by atoms with E-state index >= 15 is 0 Å². The fourth-order valence-electron chi connectivity index (χ4n) is 6.46. The second kappa shape index (κ2) is 33.1. The molecule has 480 valence electrons. The number of nitro benzene ring substituents is 2. The maximum absolute atomic E-state index is 12.0. The van der Waals surface area contributed by atoms with Gasteiger partial charge in [-0.2, -0.15) is 39.7 Å². The van der Waals surface area contributed by atoms with E-state index in [-0.39, 0.29) is 26.2 Å². The van der Waals surface area contributed by atoms with Gasteiger partial charge in [0.1, 0.15) is 33.5 Å². The summed E-state index contributed by atoms with van der Waals surface area (Å²) in [6.45, 7) is 27.4. The van der Waals surface area contributed by atoms with Crippen LogP contribution < -0.4 is 11.5 Å². The van der Waals surface area contributed by atoms with Crippen LogP contribution in [0.15, 0.2) is 91.5 Å². The molecule has 88 heavy (non-hydrogen) atoms. The Balaban J connectivity index is 0.00000106. The number of nitrogen functional groups attached to an aromatic ring is 2. The molecule has 0 aliphatic rings. The molecule has 8 aromatic rings. The van der Waals surface area contributed by atoms with E-state index < -0.39 is 68.4 Å². The lowest BCUT2D eigenvalue weighted by Crippen LogP contribution is -2.29. The number of carbonyl (C=O) groups is 5. The first kappa shape index (κ1) is 78.0. The van der Waals surface area contributed by atoms with Crippen molar-refractivity contribution in [1.29, 1.82) is 5.26 Å². The molecule has 0 bridgehead atoms. The molecule has 6 N–H and O–H groups in total. The maximum atomic E-state index is 12.0. The molecule has 4 aromatic carbocycles. The van der Waals surface area contributed by atoms with Crippen molar-refractivity contribution in [2.75, 3.05) is 18.6 Å². The summed E-state index contributed by atoms with van der Waals surface area (Å²) in [5.41, 5.74) is 11.7. The number of nitrogens with zero attached hydrogens (tertiary/aromatic N) is 10. The van der Waals surface area contributed by atoms with E-state index in [1.165, 1.54) is 48.4 Å². The van der Waals surface area contributed by atoms with Crippen LogP contribution in [0.4, 0.5) is 46.7 Å². The number of aromatic amines is 1. The Morgan fingerprint density at radius 3 is 1.33 bits per heavy atom. The Morgan fingerprint density at radius 1 is 0.545 bits per heavy atom. The van der Waals surface area contributed by atoms with Gasteiger partial charge in [-0.1, -0.05) is 44.7 Å². The minimum absolute atomic E-state index is 0. The number of carbonyl (C=O) groups excluding carboxylic acids is 5. The van der Waals surface area contributed by atoms with Gasteiger partial charge >= 0.3 is 30.6 Å². The molecule has 0 saturated heterocycles. The number of nitriles is 1. The predicted molar refractivity (Wildman–Crippen MR) is 334 cm³/mol. The SMILES string of the molecule is C.C.CC#N.CC(C)(C)OC(=O)OC(=O)OC(C)(C)C.CC(C)(C)OC(=O)n1ncc2c(N)ccc(Cl)c21.CC(C)(C)OC(=O)n1ncc2c(N)cccc21.CC(C)(C)OC(=O)n1ncc2c([N+](=O)[O-])cccc21.CO.O=[N+]([O-])c1cccc2[nH]ncc12. The average molecular weight is 1250 g/mol. The standard InChI is InChI=1S/C12H14ClN3O2.C12H13N3O4.C12H15N3O2.C10H18O5.C7H5N3O2.C2H3N.CH4O.2CH4/c1-12(2,3)18-11(17)16-10-7(6-15-16)9(14)5-4-8(10)13;1-12(2,3)19-11(16)14-9-5-4-6-10(15(17)18)8(9)7-13-14;1-12(2,3)17-11(16)15-10-6-4-5-9(13)8(10)7-14-15;1-9(2,3)14-7(11)13-8(12)15-10(4,5)6;11-10(12)7-3-1-2-6-5(7)4-8-9-6;1-2-3;1-2;;/h4-6H,14H2,1-3H3;4-7H,1-3H3;4-7H,13H2,1-3H3;1-6H3;1-4H,(H,8,9);1H3;2H,1H3;2*1H4. The number of fused-ring (bicyclic) bond motifs is 4. The third kappa shape index (κ3) is 24.9. The normalized spacial score (nSPS) is 10.8. The third-order valence-electron chi connectivity index (χ3n) is 9.45. The molecule has 0 radical (unpaired) electrons. The number of nitrogens with two attached hydrogens (primary N) is 2. The highest BCUT2D eigenvalue weighted by Gasteiger charge is 2.27. The van der Waals surface area contributed by atoms with E-state index in [1.807, 2.05) is 20.8 Å². The van der Waals surface area contributed by atoms with Crippen molar-refractivity contribution >= 4 is 109 Å². The number of rotatable bonds is 2. The minimum Gasteiger partial charge on any atom is -0.442 e. The molecule has 8 rings (SSSR count). The average Bonchev–Trinajstić information content (AvgIpc) is 3.48. The number of aliphatic hydroxyl groups is 1. The van der Waals surface area contributed by atoms with Crippen LogP contribution >= 0.6 is 11.6 Å². The molecule has 0 amide bonds. The number of nitro groups is 2. The van der Waals surface area contributed by atoms with Gasteiger partial charge in [0.15, 0.2) is 0 Å². The first-order valence-corrected chi connectivity index (χ1v) is 26.0. The molecule has 29 nitrogen and oxygen atoms in total. The number of ether oxygens (including phenoxy) is 6. The topological polar surface area (TPSA) is 405 Å². The summed E-state index contributed by atoms with van der Waals surface area (Å²) < 4.78 is 32.8. The van der Waals surface area contributed by atoms with Crippen molar-refractivity contribution in [3.8, 4) is 6.07 Å². The minimum atomic E-state index is -1.06. The smallest absolute Gasteiger partial charge is 0.442 e. The van der Waals surface area contributed by atoms with E-state index in [9.17, 15) is 44.2 Å². The molecule has 0 aliphatic carbocycles. The van der Waals surface area contributed by atoms with Crippen molar-refractivity contribution in [1.82, 2.24) is 39.5 Å². The Morgan fingerprint density at radius 2 is 0.898 bits per heavy atom. The van der Waals surface area contributed by atoms with Crippen LogP contribution in [0.1, 0.15) is 126 Å². The van der Waals surface area contributed by atoms with Crippen molar-refractivity contribution in [3.63, 3.8) is 0 Å². The van der Waals surface area contributed by atoms with Gasteiger partial charge in [-0.05, 0) is 140 Å². The Hall–Kier alpha value is -9.95. The lowest BCUT2D eigenvalue weighted by molar-refractivity contribution is -0.383. The Kier molecular flexibility index (Phi) is 29.3. The summed E-state index contributed by atoms with van der Waals surface area (Å²) in [5, 5.41) is 56.5. The highest BCUT2D eigenvalue weighted by molar-refractivity contribution is 6.35. The van der Waals surface area contributed by atoms with Crippen LogP contribution in [0, 0.1) is 31.6 Å². The number of nitrogens with one attached hydrogen (secondary N) is 1. The fraction of sp³-hybridized carbons (Fsp3) is 0.414. The van der Waals surface area contributed by atoms with Crippen LogP contribution in [0.25, 0.3) is 43.6 Å². The first-order chi connectivity index (χ1) is 39.7. The van der Waals surface area contributed by atoms with Crippen molar-refractivity contribution in [2.45, 2.75) is 154 Å². The van der Waals surface area contributed by atoms with Gasteiger partial charge in [0.2, 0.25) is 0 Å². The van der Waals surface area contributed by atoms with Crippen LogP contribution in [0.3, 0.4) is 0 Å². The molecule has 0 unspecified atom stereocenters. The van der Waals surface area contributed by atoms with Crippen molar-refractivity contribution in [2.24, 2.45) is 0 Å². The quantitative estimate of drug-likeness (QED) is 0.0312. The summed E-state index contributed by atoms with van der Waals surface area (Å²) in [6, 6.07) is 19.7. The molecular formula is C58H80ClN13O16. The van der Waals surface area contributed by atoms with Gasteiger partial charge in [0.05, 0.1) is 73.0 Å². The van der Waals surface area contributed by atoms with Crippen LogP contribution in [0.5, 0.6) is 0 Å². The Bertz CT molecular complexity index is 3670. The molecule has 0 saturated carbocycles. The van der Waals surface area contributed by atoms with Gasteiger partial charge in [-0.15, -0.1) is 0 Å². The van der Waals surface area contributed by atoms with E-state index in [1.54, 1.807) is 144 Å². The number of hydrogen-bond donors (Lipinski definition) is 4. The lowest BCUT2D eigenvalue weighted by atomic mass is 10.2. The number of hydrogen-bond acceptors (Lipinski definition) is 23. The number of aromatic nitrogens is 8. The number of anilines is 2.